The molecule has 110 valence electrons. The van der Waals surface area contributed by atoms with Crippen molar-refractivity contribution in [2.75, 3.05) is 19.6 Å². The van der Waals surface area contributed by atoms with Crippen LogP contribution in [0.15, 0.2) is 0 Å². The Morgan fingerprint density at radius 3 is 2.53 bits per heavy atom. The molecule has 0 radical (unpaired) electrons. The Morgan fingerprint density at radius 1 is 1.00 bits per heavy atom. The van der Waals surface area contributed by atoms with E-state index in [9.17, 15) is 10.2 Å². The van der Waals surface area contributed by atoms with E-state index in [1.54, 1.807) is 0 Å². The largest absolute Gasteiger partial charge is 0.393 e. The Kier molecular flexibility index (Phi) is 4.16. The topological polar surface area (TPSA) is 43.7 Å². The minimum Gasteiger partial charge on any atom is -0.393 e. The first-order valence-electron chi connectivity index (χ1n) is 8.25. The summed E-state index contributed by atoms with van der Waals surface area (Å²) in [5.41, 5.74) is 0. The molecule has 0 bridgehead atoms. The van der Waals surface area contributed by atoms with Gasteiger partial charge in [0.05, 0.1) is 12.2 Å². The molecule has 2 N–H and O–H groups in total. The summed E-state index contributed by atoms with van der Waals surface area (Å²) < 4.78 is 0. The predicted molar refractivity (Wildman–Crippen MR) is 75.8 cm³/mol. The Morgan fingerprint density at radius 2 is 1.79 bits per heavy atom. The van der Waals surface area contributed by atoms with Crippen LogP contribution in [0.25, 0.3) is 0 Å². The summed E-state index contributed by atoms with van der Waals surface area (Å²) in [6, 6.07) is 0. The molecular formula is C16H29NO2. The number of aliphatic hydroxyl groups excluding tert-OH is 2. The van der Waals surface area contributed by atoms with Gasteiger partial charge in [-0.2, -0.15) is 0 Å². The number of fused-ring (bicyclic) bond motifs is 1. The van der Waals surface area contributed by atoms with Gasteiger partial charge in [0.15, 0.2) is 0 Å². The van der Waals surface area contributed by atoms with Crippen molar-refractivity contribution < 1.29 is 10.2 Å². The number of nitrogens with zero attached hydrogens (tertiary/aromatic N) is 1. The van der Waals surface area contributed by atoms with Crippen LogP contribution < -0.4 is 0 Å². The molecule has 6 atom stereocenters. The van der Waals surface area contributed by atoms with Crippen molar-refractivity contribution in [3.05, 3.63) is 0 Å². The van der Waals surface area contributed by atoms with E-state index in [2.05, 4.69) is 11.8 Å². The van der Waals surface area contributed by atoms with E-state index in [1.165, 1.54) is 25.7 Å². The maximum absolute atomic E-state index is 10.2. The van der Waals surface area contributed by atoms with Crippen LogP contribution in [0.5, 0.6) is 0 Å². The van der Waals surface area contributed by atoms with Gasteiger partial charge in [-0.1, -0.05) is 13.3 Å². The second-order valence-electron chi connectivity index (χ2n) is 7.20. The van der Waals surface area contributed by atoms with Crippen molar-refractivity contribution in [2.24, 2.45) is 23.7 Å². The minimum absolute atomic E-state index is 0.0605. The van der Waals surface area contributed by atoms with E-state index in [-0.39, 0.29) is 12.2 Å². The third-order valence-electron chi connectivity index (χ3n) is 6.02. The van der Waals surface area contributed by atoms with E-state index >= 15 is 0 Å². The van der Waals surface area contributed by atoms with Crippen molar-refractivity contribution in [3.8, 4) is 0 Å². The van der Waals surface area contributed by atoms with Gasteiger partial charge in [-0.3, -0.25) is 0 Å². The van der Waals surface area contributed by atoms with Gasteiger partial charge in [-0.25, -0.2) is 0 Å². The zero-order chi connectivity index (χ0) is 13.4. The van der Waals surface area contributed by atoms with Crippen LogP contribution in [0.2, 0.25) is 0 Å². The van der Waals surface area contributed by atoms with Gasteiger partial charge in [0.2, 0.25) is 0 Å². The third-order valence-corrected chi connectivity index (χ3v) is 6.02. The SMILES string of the molecule is CCC1CCC(O)C(CN2CC3CCC(O)C3C2)C1. The summed E-state index contributed by atoms with van der Waals surface area (Å²) in [5, 5.41) is 20.2. The molecule has 1 aliphatic heterocycles. The summed E-state index contributed by atoms with van der Waals surface area (Å²) in [7, 11) is 0. The van der Waals surface area contributed by atoms with Gasteiger partial charge in [-0.15, -0.1) is 0 Å². The predicted octanol–water partition coefficient (Wildman–Crippen LogP) is 1.88. The molecule has 3 aliphatic rings. The van der Waals surface area contributed by atoms with Gasteiger partial charge in [0.1, 0.15) is 0 Å². The summed E-state index contributed by atoms with van der Waals surface area (Å²) in [5.74, 6) is 2.52. The van der Waals surface area contributed by atoms with Gasteiger partial charge >= 0.3 is 0 Å². The quantitative estimate of drug-likeness (QED) is 0.820. The normalized spacial score (nSPS) is 47.5. The maximum Gasteiger partial charge on any atom is 0.0583 e. The summed E-state index contributed by atoms with van der Waals surface area (Å²) >= 11 is 0. The molecule has 0 aromatic rings. The van der Waals surface area contributed by atoms with Crippen LogP contribution >= 0.6 is 0 Å². The molecule has 3 rings (SSSR count). The van der Waals surface area contributed by atoms with Gasteiger partial charge < -0.3 is 15.1 Å². The number of aliphatic hydroxyl groups is 2. The Bertz CT molecular complexity index is 309. The van der Waals surface area contributed by atoms with Crippen molar-refractivity contribution in [1.82, 2.24) is 4.90 Å². The molecule has 0 aromatic heterocycles. The van der Waals surface area contributed by atoms with Crippen molar-refractivity contribution in [1.29, 1.82) is 0 Å². The summed E-state index contributed by atoms with van der Waals surface area (Å²) in [6.45, 7) is 5.54. The van der Waals surface area contributed by atoms with Crippen molar-refractivity contribution in [3.63, 3.8) is 0 Å². The van der Waals surface area contributed by atoms with Gasteiger partial charge in [0.25, 0.3) is 0 Å². The first-order valence-corrected chi connectivity index (χ1v) is 8.25. The molecular weight excluding hydrogens is 238 g/mol. The molecule has 1 heterocycles. The zero-order valence-corrected chi connectivity index (χ0v) is 12.2. The Balaban J connectivity index is 1.54. The molecule has 6 unspecified atom stereocenters. The zero-order valence-electron chi connectivity index (χ0n) is 12.2. The molecule has 0 aromatic carbocycles. The van der Waals surface area contributed by atoms with Crippen LogP contribution in [0.1, 0.15) is 45.4 Å². The molecule has 2 saturated carbocycles. The lowest BCUT2D eigenvalue weighted by Gasteiger charge is -2.35. The lowest BCUT2D eigenvalue weighted by Crippen LogP contribution is -2.38. The number of rotatable bonds is 3. The minimum atomic E-state index is -0.0897. The van der Waals surface area contributed by atoms with Crippen LogP contribution in [0.3, 0.4) is 0 Å². The van der Waals surface area contributed by atoms with Gasteiger partial charge in [-0.05, 0) is 49.9 Å². The van der Waals surface area contributed by atoms with E-state index < -0.39 is 0 Å². The Hall–Kier alpha value is -0.120. The molecule has 0 amide bonds. The fraction of sp³-hybridized carbons (Fsp3) is 1.00. The molecule has 3 fully saturated rings. The first kappa shape index (κ1) is 13.8. The number of hydrogen-bond donors (Lipinski definition) is 2. The standard InChI is InChI=1S/C16H29NO2/c1-2-11-3-5-15(18)13(7-11)9-17-8-12-4-6-16(19)14(12)10-17/h11-16,18-19H,2-10H2,1H3. The highest BCUT2D eigenvalue weighted by Crippen LogP contribution is 2.39. The van der Waals surface area contributed by atoms with E-state index in [0.717, 1.165) is 44.3 Å². The van der Waals surface area contributed by atoms with E-state index in [4.69, 9.17) is 0 Å². The molecule has 0 spiro atoms. The Labute approximate surface area is 117 Å². The van der Waals surface area contributed by atoms with E-state index in [0.29, 0.717) is 11.8 Å². The number of likely N-dealkylation sites (tertiary alicyclic amines) is 1. The lowest BCUT2D eigenvalue weighted by molar-refractivity contribution is 0.0278. The van der Waals surface area contributed by atoms with Gasteiger partial charge in [0, 0.05) is 25.6 Å². The highest BCUT2D eigenvalue weighted by Gasteiger charge is 2.42. The fourth-order valence-electron chi connectivity index (χ4n) is 4.72. The summed E-state index contributed by atoms with van der Waals surface area (Å²) in [6.07, 6.45) is 6.72. The lowest BCUT2D eigenvalue weighted by atomic mass is 9.78. The highest BCUT2D eigenvalue weighted by molar-refractivity contribution is 4.94. The second-order valence-corrected chi connectivity index (χ2v) is 7.20. The molecule has 1 saturated heterocycles. The van der Waals surface area contributed by atoms with Crippen molar-refractivity contribution >= 4 is 0 Å². The fourth-order valence-corrected chi connectivity index (χ4v) is 4.72. The summed E-state index contributed by atoms with van der Waals surface area (Å²) in [4.78, 5) is 2.52. The second kappa shape index (κ2) is 5.71. The smallest absolute Gasteiger partial charge is 0.0583 e. The van der Waals surface area contributed by atoms with Crippen LogP contribution in [0.4, 0.5) is 0 Å². The number of hydrogen-bond acceptors (Lipinski definition) is 3. The molecule has 3 heteroatoms. The van der Waals surface area contributed by atoms with E-state index in [1.807, 2.05) is 0 Å². The third kappa shape index (κ3) is 2.84. The molecule has 2 aliphatic carbocycles. The average molecular weight is 267 g/mol. The maximum atomic E-state index is 10.2. The highest BCUT2D eigenvalue weighted by atomic mass is 16.3. The van der Waals surface area contributed by atoms with Crippen LogP contribution in [-0.4, -0.2) is 47.0 Å². The molecule has 3 nitrogen and oxygen atoms in total. The van der Waals surface area contributed by atoms with Crippen LogP contribution in [-0.2, 0) is 0 Å². The van der Waals surface area contributed by atoms with Crippen molar-refractivity contribution in [2.45, 2.75) is 57.7 Å². The molecule has 19 heavy (non-hydrogen) atoms. The monoisotopic (exact) mass is 267 g/mol. The average Bonchev–Trinajstić information content (AvgIpc) is 2.95. The van der Waals surface area contributed by atoms with Crippen LogP contribution in [0, 0.1) is 23.7 Å². The first-order chi connectivity index (χ1) is 9.17.